The number of nitrogens with zero attached hydrogens (tertiary/aromatic N) is 2. The number of hydrogen-bond acceptors (Lipinski definition) is 3. The van der Waals surface area contributed by atoms with Gasteiger partial charge >= 0.3 is 0 Å². The molecule has 3 nitrogen and oxygen atoms in total. The summed E-state index contributed by atoms with van der Waals surface area (Å²) in [5, 5.41) is 12.0. The molecular weight excluding hydrogens is 376 g/mol. The van der Waals surface area contributed by atoms with E-state index in [-0.39, 0.29) is 10.8 Å². The third-order valence-corrected chi connectivity index (χ3v) is 5.83. The molecule has 2 aromatic carbocycles. The van der Waals surface area contributed by atoms with Crippen molar-refractivity contribution in [2.45, 2.75) is 65.5 Å². The quantitative estimate of drug-likeness (QED) is 0.470. The summed E-state index contributed by atoms with van der Waals surface area (Å²) >= 11 is 1.67. The zero-order valence-electron chi connectivity index (χ0n) is 19.2. The van der Waals surface area contributed by atoms with Gasteiger partial charge in [0.2, 0.25) is 0 Å². The van der Waals surface area contributed by atoms with Gasteiger partial charge in [0.05, 0.1) is 0 Å². The molecule has 0 aromatic heterocycles. The Morgan fingerprint density at radius 2 is 1.38 bits per heavy atom. The average molecular weight is 413 g/mol. The van der Waals surface area contributed by atoms with E-state index < -0.39 is 0 Å². The molecule has 0 fully saturated rings. The molecule has 0 saturated heterocycles. The van der Waals surface area contributed by atoms with Crippen molar-refractivity contribution in [2.75, 3.05) is 13.3 Å². The Morgan fingerprint density at radius 3 is 1.79 bits per heavy atom. The molecule has 0 spiro atoms. The van der Waals surface area contributed by atoms with Crippen LogP contribution < -0.4 is 0 Å². The number of hydrogen-bond donors (Lipinski definition) is 1. The topological polar surface area (TPSA) is 35.8 Å². The van der Waals surface area contributed by atoms with E-state index in [0.717, 1.165) is 29.4 Å². The van der Waals surface area contributed by atoms with Crippen molar-refractivity contribution < 1.29 is 5.11 Å². The number of phenolic OH excluding ortho intramolecular Hbond substituents is 1. The molecule has 0 saturated carbocycles. The maximum Gasteiger partial charge on any atom is 0.159 e. The lowest BCUT2D eigenvalue weighted by atomic mass is 9.78. The summed E-state index contributed by atoms with van der Waals surface area (Å²) < 4.78 is 0. The second-order valence-corrected chi connectivity index (χ2v) is 10.4. The van der Waals surface area contributed by atoms with Crippen LogP contribution in [0.2, 0.25) is 0 Å². The van der Waals surface area contributed by atoms with Gasteiger partial charge in [-0.05, 0) is 51.5 Å². The standard InChI is InChI=1S/C25H36N2OS/c1-24(2,3)20-14-19(15-21(22(20)28)25(4,5)6)17-27(23(26-7)29-8)16-18-12-10-9-11-13-18/h9-15,28H,16-17H2,1-8H3. The van der Waals surface area contributed by atoms with Crippen molar-refractivity contribution in [1.29, 1.82) is 0 Å². The predicted molar refractivity (Wildman–Crippen MR) is 128 cm³/mol. The third-order valence-electron chi connectivity index (χ3n) is 5.02. The van der Waals surface area contributed by atoms with Gasteiger partial charge in [-0.3, -0.25) is 4.99 Å². The maximum absolute atomic E-state index is 11.0. The Balaban J connectivity index is 2.52. The Kier molecular flexibility index (Phi) is 7.45. The Labute approximate surface area is 181 Å². The van der Waals surface area contributed by atoms with Gasteiger partial charge < -0.3 is 10.0 Å². The Morgan fingerprint density at radius 1 is 0.897 bits per heavy atom. The summed E-state index contributed by atoms with van der Waals surface area (Å²) in [6.07, 6.45) is 2.07. The summed E-state index contributed by atoms with van der Waals surface area (Å²) in [6.45, 7) is 14.5. The van der Waals surface area contributed by atoms with Gasteiger partial charge in [-0.1, -0.05) is 83.6 Å². The highest BCUT2D eigenvalue weighted by Gasteiger charge is 2.27. The lowest BCUT2D eigenvalue weighted by Gasteiger charge is -2.30. The lowest BCUT2D eigenvalue weighted by molar-refractivity contribution is 0.405. The van der Waals surface area contributed by atoms with Crippen LogP contribution in [0, 0.1) is 0 Å². The van der Waals surface area contributed by atoms with Gasteiger partial charge in [0.15, 0.2) is 5.17 Å². The van der Waals surface area contributed by atoms with Crippen LogP contribution in [0.4, 0.5) is 0 Å². The van der Waals surface area contributed by atoms with Gasteiger partial charge in [-0.2, -0.15) is 0 Å². The van der Waals surface area contributed by atoms with E-state index in [1.165, 1.54) is 11.1 Å². The second kappa shape index (κ2) is 9.25. The van der Waals surface area contributed by atoms with Gasteiger partial charge in [0.1, 0.15) is 5.75 Å². The number of phenols is 1. The smallest absolute Gasteiger partial charge is 0.159 e. The first-order valence-electron chi connectivity index (χ1n) is 10.1. The lowest BCUT2D eigenvalue weighted by Crippen LogP contribution is -2.28. The molecule has 158 valence electrons. The second-order valence-electron chi connectivity index (χ2n) is 9.59. The highest BCUT2D eigenvalue weighted by molar-refractivity contribution is 8.13. The zero-order chi connectivity index (χ0) is 21.8. The van der Waals surface area contributed by atoms with Crippen LogP contribution in [-0.4, -0.2) is 28.5 Å². The fraction of sp³-hybridized carbons (Fsp3) is 0.480. The van der Waals surface area contributed by atoms with Gasteiger partial charge in [0, 0.05) is 20.1 Å². The van der Waals surface area contributed by atoms with E-state index in [9.17, 15) is 5.11 Å². The van der Waals surface area contributed by atoms with Crippen LogP contribution >= 0.6 is 11.8 Å². The van der Waals surface area contributed by atoms with Crippen molar-refractivity contribution >= 4 is 16.9 Å². The largest absolute Gasteiger partial charge is 0.507 e. The molecule has 0 bridgehead atoms. The van der Waals surface area contributed by atoms with E-state index in [4.69, 9.17) is 0 Å². The van der Waals surface area contributed by atoms with E-state index in [0.29, 0.717) is 5.75 Å². The summed E-state index contributed by atoms with van der Waals surface area (Å²) in [4.78, 5) is 6.83. The van der Waals surface area contributed by atoms with Crippen LogP contribution in [0.25, 0.3) is 0 Å². The predicted octanol–water partition coefficient (Wildman–Crippen LogP) is 6.34. The molecule has 0 unspecified atom stereocenters. The molecule has 4 heteroatoms. The van der Waals surface area contributed by atoms with Crippen molar-refractivity contribution in [3.63, 3.8) is 0 Å². The van der Waals surface area contributed by atoms with Crippen LogP contribution in [0.1, 0.15) is 63.8 Å². The Hall–Kier alpha value is -1.94. The van der Waals surface area contributed by atoms with Gasteiger partial charge in [-0.15, -0.1) is 0 Å². The molecule has 0 radical (unpaired) electrons. The molecule has 0 aliphatic heterocycles. The van der Waals surface area contributed by atoms with Crippen LogP contribution in [0.3, 0.4) is 0 Å². The highest BCUT2D eigenvalue weighted by Crippen LogP contribution is 2.40. The van der Waals surface area contributed by atoms with Crippen LogP contribution in [0.15, 0.2) is 47.5 Å². The monoisotopic (exact) mass is 412 g/mol. The average Bonchev–Trinajstić information content (AvgIpc) is 2.63. The van der Waals surface area contributed by atoms with E-state index >= 15 is 0 Å². The summed E-state index contributed by atoms with van der Waals surface area (Å²) in [6, 6.07) is 14.8. The molecule has 1 N–H and O–H groups in total. The van der Waals surface area contributed by atoms with Crippen molar-refractivity contribution in [2.24, 2.45) is 4.99 Å². The maximum atomic E-state index is 11.0. The van der Waals surface area contributed by atoms with Crippen LogP contribution in [-0.2, 0) is 23.9 Å². The minimum Gasteiger partial charge on any atom is -0.507 e. The zero-order valence-corrected chi connectivity index (χ0v) is 20.0. The molecular formula is C25H36N2OS. The molecule has 0 heterocycles. The first-order valence-corrected chi connectivity index (χ1v) is 11.4. The fourth-order valence-electron chi connectivity index (χ4n) is 3.51. The molecule has 0 aliphatic carbocycles. The normalized spacial score (nSPS) is 12.9. The summed E-state index contributed by atoms with van der Waals surface area (Å²) in [5.74, 6) is 0.428. The molecule has 2 rings (SSSR count). The minimum absolute atomic E-state index is 0.133. The first-order chi connectivity index (χ1) is 13.5. The highest BCUT2D eigenvalue weighted by atomic mass is 32.2. The van der Waals surface area contributed by atoms with E-state index in [1.54, 1.807) is 11.8 Å². The number of aliphatic imine (C=N–C) groups is 1. The number of amidine groups is 1. The minimum atomic E-state index is -0.133. The molecule has 0 amide bonds. The van der Waals surface area contributed by atoms with E-state index in [2.05, 4.69) is 94.1 Å². The van der Waals surface area contributed by atoms with Crippen molar-refractivity contribution in [3.8, 4) is 5.75 Å². The summed E-state index contributed by atoms with van der Waals surface area (Å²) in [7, 11) is 1.85. The number of rotatable bonds is 4. The number of benzene rings is 2. The molecule has 29 heavy (non-hydrogen) atoms. The number of thioether (sulfide) groups is 1. The van der Waals surface area contributed by atoms with Gasteiger partial charge in [0.25, 0.3) is 0 Å². The molecule has 0 atom stereocenters. The SMILES string of the molecule is CN=C(SC)N(Cc1ccccc1)Cc1cc(C(C)(C)C)c(O)c(C(C)(C)C)c1. The first kappa shape index (κ1) is 23.3. The fourth-order valence-corrected chi connectivity index (χ4v) is 4.08. The molecule has 2 aromatic rings. The molecule has 0 aliphatic rings. The van der Waals surface area contributed by atoms with Crippen molar-refractivity contribution in [3.05, 3.63) is 64.7 Å². The van der Waals surface area contributed by atoms with Gasteiger partial charge in [-0.25, -0.2) is 0 Å². The Bertz CT molecular complexity index is 810. The number of aromatic hydroxyl groups is 1. The van der Waals surface area contributed by atoms with Crippen molar-refractivity contribution in [1.82, 2.24) is 4.90 Å². The van der Waals surface area contributed by atoms with Crippen LogP contribution in [0.5, 0.6) is 5.75 Å². The van der Waals surface area contributed by atoms with E-state index in [1.807, 2.05) is 13.1 Å². The summed E-state index contributed by atoms with van der Waals surface area (Å²) in [5.41, 5.74) is 4.19. The third kappa shape index (κ3) is 6.02.